The van der Waals surface area contributed by atoms with Crippen molar-refractivity contribution in [1.29, 1.82) is 0 Å². The van der Waals surface area contributed by atoms with Gasteiger partial charge in [-0.25, -0.2) is 4.79 Å². The predicted molar refractivity (Wildman–Crippen MR) is 101 cm³/mol. The maximum atomic E-state index is 12.0. The predicted octanol–water partition coefficient (Wildman–Crippen LogP) is 3.90. The van der Waals surface area contributed by atoms with E-state index in [-0.39, 0.29) is 11.2 Å². The van der Waals surface area contributed by atoms with Gasteiger partial charge in [0.15, 0.2) is 0 Å². The van der Waals surface area contributed by atoms with Crippen LogP contribution in [0.1, 0.15) is 61.0 Å². The standard InChI is InChI=1S/C19H30BNO4/c1-9-13-12-14(21-16(22)23-17(2,3)4)10-11-15(13)20-24-18(5,6)19(7,8)25-20/h10-12H,9H2,1-8H3,(H,21,22). The number of carbonyl (C=O) groups excluding carboxylic acids is 1. The van der Waals surface area contributed by atoms with Crippen LogP contribution in [0.4, 0.5) is 10.5 Å². The Morgan fingerprint density at radius 2 is 1.72 bits per heavy atom. The molecule has 0 saturated carbocycles. The Balaban J connectivity index is 2.19. The van der Waals surface area contributed by atoms with Crippen LogP contribution in [-0.4, -0.2) is 30.0 Å². The first kappa shape index (κ1) is 19.8. The molecular weight excluding hydrogens is 317 g/mol. The van der Waals surface area contributed by atoms with Crippen LogP contribution >= 0.6 is 0 Å². The van der Waals surface area contributed by atoms with Gasteiger partial charge in [0.05, 0.1) is 11.2 Å². The van der Waals surface area contributed by atoms with Crippen LogP contribution in [0.15, 0.2) is 18.2 Å². The van der Waals surface area contributed by atoms with E-state index < -0.39 is 18.8 Å². The van der Waals surface area contributed by atoms with Gasteiger partial charge in [-0.15, -0.1) is 0 Å². The molecule has 1 aliphatic heterocycles. The summed E-state index contributed by atoms with van der Waals surface area (Å²) >= 11 is 0. The van der Waals surface area contributed by atoms with E-state index in [1.807, 2.05) is 66.7 Å². The lowest BCUT2D eigenvalue weighted by Crippen LogP contribution is -2.41. The van der Waals surface area contributed by atoms with Gasteiger partial charge in [-0.3, -0.25) is 5.32 Å². The zero-order valence-electron chi connectivity index (χ0n) is 16.6. The number of hydrogen-bond donors (Lipinski definition) is 1. The van der Waals surface area contributed by atoms with Crippen LogP contribution in [0.3, 0.4) is 0 Å². The van der Waals surface area contributed by atoms with Gasteiger partial charge in [0, 0.05) is 5.69 Å². The Kier molecular flexibility index (Phi) is 5.27. The highest BCUT2D eigenvalue weighted by Crippen LogP contribution is 2.36. The van der Waals surface area contributed by atoms with Crippen molar-refractivity contribution in [3.8, 4) is 0 Å². The molecule has 1 aromatic rings. The van der Waals surface area contributed by atoms with Crippen molar-refractivity contribution in [3.05, 3.63) is 23.8 Å². The minimum absolute atomic E-state index is 0.379. The molecule has 2 rings (SSSR count). The highest BCUT2D eigenvalue weighted by atomic mass is 16.7. The number of aryl methyl sites for hydroxylation is 1. The molecule has 0 bridgehead atoms. The minimum Gasteiger partial charge on any atom is -0.444 e. The van der Waals surface area contributed by atoms with Crippen LogP contribution in [0.25, 0.3) is 0 Å². The molecule has 0 unspecified atom stereocenters. The Bertz CT molecular complexity index is 633. The summed E-state index contributed by atoms with van der Waals surface area (Å²) in [6.45, 7) is 15.7. The molecule has 1 aromatic carbocycles. The number of hydrogen-bond acceptors (Lipinski definition) is 4. The maximum Gasteiger partial charge on any atom is 0.495 e. The van der Waals surface area contributed by atoms with Gasteiger partial charge < -0.3 is 14.0 Å². The van der Waals surface area contributed by atoms with E-state index in [2.05, 4.69) is 12.2 Å². The molecule has 1 aliphatic rings. The Morgan fingerprint density at radius 3 is 2.20 bits per heavy atom. The summed E-state index contributed by atoms with van der Waals surface area (Å²) in [6, 6.07) is 5.75. The molecule has 0 aromatic heterocycles. The lowest BCUT2D eigenvalue weighted by atomic mass is 9.75. The molecule has 1 saturated heterocycles. The van der Waals surface area contributed by atoms with Crippen LogP contribution in [0.2, 0.25) is 0 Å². The van der Waals surface area contributed by atoms with Crippen molar-refractivity contribution in [2.45, 2.75) is 78.6 Å². The quantitative estimate of drug-likeness (QED) is 0.843. The van der Waals surface area contributed by atoms with Gasteiger partial charge in [0.2, 0.25) is 0 Å². The first-order valence-corrected chi connectivity index (χ1v) is 8.83. The first-order valence-electron chi connectivity index (χ1n) is 8.83. The number of carbonyl (C=O) groups is 1. The van der Waals surface area contributed by atoms with Crippen molar-refractivity contribution in [2.24, 2.45) is 0 Å². The summed E-state index contributed by atoms with van der Waals surface area (Å²) in [5.41, 5.74) is 1.49. The Morgan fingerprint density at radius 1 is 1.16 bits per heavy atom. The number of benzene rings is 1. The molecule has 0 atom stereocenters. The van der Waals surface area contributed by atoms with E-state index in [9.17, 15) is 4.79 Å². The summed E-state index contributed by atoms with van der Waals surface area (Å²) in [7, 11) is -0.407. The smallest absolute Gasteiger partial charge is 0.444 e. The molecule has 0 spiro atoms. The van der Waals surface area contributed by atoms with Gasteiger partial charge in [-0.1, -0.05) is 13.0 Å². The molecule has 0 aliphatic carbocycles. The van der Waals surface area contributed by atoms with Crippen molar-refractivity contribution in [1.82, 2.24) is 0 Å². The van der Waals surface area contributed by atoms with Crippen LogP contribution in [0, 0.1) is 0 Å². The SMILES string of the molecule is CCc1cc(NC(=O)OC(C)(C)C)ccc1B1OC(C)(C)C(C)(C)O1. The van der Waals surface area contributed by atoms with E-state index in [0.29, 0.717) is 5.69 Å². The summed E-state index contributed by atoms with van der Waals surface area (Å²) in [5.74, 6) is 0. The molecule has 0 radical (unpaired) electrons. The summed E-state index contributed by atoms with van der Waals surface area (Å²) < 4.78 is 17.6. The van der Waals surface area contributed by atoms with E-state index in [1.165, 1.54) is 0 Å². The molecule has 1 fully saturated rings. The molecule has 138 valence electrons. The molecule has 1 amide bonds. The number of nitrogens with one attached hydrogen (secondary N) is 1. The van der Waals surface area contributed by atoms with Crippen LogP contribution < -0.4 is 10.8 Å². The van der Waals surface area contributed by atoms with E-state index in [1.54, 1.807) is 0 Å². The maximum absolute atomic E-state index is 12.0. The lowest BCUT2D eigenvalue weighted by Gasteiger charge is -2.32. The van der Waals surface area contributed by atoms with Crippen molar-refractivity contribution < 1.29 is 18.8 Å². The van der Waals surface area contributed by atoms with Gasteiger partial charge >= 0.3 is 13.2 Å². The third kappa shape index (κ3) is 4.56. The molecule has 1 N–H and O–H groups in total. The molecule has 1 heterocycles. The van der Waals surface area contributed by atoms with Gasteiger partial charge in [0.25, 0.3) is 0 Å². The molecule has 5 nitrogen and oxygen atoms in total. The summed E-state index contributed by atoms with van der Waals surface area (Å²) in [6.07, 6.45) is 0.349. The second-order valence-corrected chi connectivity index (χ2v) is 8.48. The second-order valence-electron chi connectivity index (χ2n) is 8.48. The molecule has 25 heavy (non-hydrogen) atoms. The zero-order valence-corrected chi connectivity index (χ0v) is 16.6. The zero-order chi connectivity index (χ0) is 19.0. The average Bonchev–Trinajstić information content (AvgIpc) is 2.64. The highest BCUT2D eigenvalue weighted by molar-refractivity contribution is 6.62. The summed E-state index contributed by atoms with van der Waals surface area (Å²) in [4.78, 5) is 12.0. The normalized spacial score (nSPS) is 19.0. The average molecular weight is 347 g/mol. The summed E-state index contributed by atoms with van der Waals surface area (Å²) in [5, 5.41) is 2.78. The lowest BCUT2D eigenvalue weighted by molar-refractivity contribution is 0.00578. The monoisotopic (exact) mass is 347 g/mol. The number of amides is 1. The van der Waals surface area contributed by atoms with Crippen molar-refractivity contribution in [3.63, 3.8) is 0 Å². The fourth-order valence-electron chi connectivity index (χ4n) is 2.61. The van der Waals surface area contributed by atoms with Gasteiger partial charge in [0.1, 0.15) is 5.60 Å². The third-order valence-corrected chi connectivity index (χ3v) is 4.68. The number of ether oxygens (including phenoxy) is 1. The topological polar surface area (TPSA) is 56.8 Å². The largest absolute Gasteiger partial charge is 0.495 e. The van der Waals surface area contributed by atoms with Gasteiger partial charge in [-0.2, -0.15) is 0 Å². The van der Waals surface area contributed by atoms with Crippen LogP contribution in [-0.2, 0) is 20.5 Å². The highest BCUT2D eigenvalue weighted by Gasteiger charge is 2.52. The first-order chi connectivity index (χ1) is 11.3. The molecule has 6 heteroatoms. The van der Waals surface area contributed by atoms with Crippen molar-refractivity contribution in [2.75, 3.05) is 5.32 Å². The van der Waals surface area contributed by atoms with Crippen LogP contribution in [0.5, 0.6) is 0 Å². The minimum atomic E-state index is -0.527. The number of anilines is 1. The fraction of sp³-hybridized carbons (Fsp3) is 0.632. The second kappa shape index (κ2) is 6.65. The third-order valence-electron chi connectivity index (χ3n) is 4.68. The van der Waals surface area contributed by atoms with Crippen molar-refractivity contribution >= 4 is 24.4 Å². The molecular formula is C19H30BNO4. The Hall–Kier alpha value is -1.53. The van der Waals surface area contributed by atoms with Gasteiger partial charge in [-0.05, 0) is 78.0 Å². The number of rotatable bonds is 3. The van der Waals surface area contributed by atoms with E-state index in [4.69, 9.17) is 14.0 Å². The van der Waals surface area contributed by atoms with E-state index >= 15 is 0 Å². The Labute approximate surface area is 151 Å². The fourth-order valence-corrected chi connectivity index (χ4v) is 2.61. The van der Waals surface area contributed by atoms with E-state index in [0.717, 1.165) is 17.4 Å².